The van der Waals surface area contributed by atoms with Gasteiger partial charge in [0, 0.05) is 69.9 Å². The molecule has 2 N–H and O–H groups in total. The van der Waals surface area contributed by atoms with Crippen LogP contribution in [0.25, 0.3) is 10.9 Å². The van der Waals surface area contributed by atoms with Crippen molar-refractivity contribution >= 4 is 35.1 Å². The van der Waals surface area contributed by atoms with Crippen LogP contribution in [0.15, 0.2) is 24.3 Å². The summed E-state index contributed by atoms with van der Waals surface area (Å²) in [4.78, 5) is 31.8. The van der Waals surface area contributed by atoms with Gasteiger partial charge < -0.3 is 29.5 Å². The molecule has 10 heteroatoms. The lowest BCUT2D eigenvalue weighted by molar-refractivity contribution is -0.135. The number of nitrogens with one attached hydrogen (secondary N) is 1. The van der Waals surface area contributed by atoms with Crippen molar-refractivity contribution in [2.75, 3.05) is 59.5 Å². The lowest BCUT2D eigenvalue weighted by Gasteiger charge is -2.40. The van der Waals surface area contributed by atoms with E-state index >= 15 is 0 Å². The number of fused-ring (bicyclic) bond motifs is 1. The van der Waals surface area contributed by atoms with Crippen LogP contribution < -0.4 is 10.1 Å². The summed E-state index contributed by atoms with van der Waals surface area (Å²) in [5, 5.41) is 14.0. The summed E-state index contributed by atoms with van der Waals surface area (Å²) in [6, 6.07) is 7.94. The predicted octanol–water partition coefficient (Wildman–Crippen LogP) is 0.548. The first-order valence-corrected chi connectivity index (χ1v) is 11.2. The van der Waals surface area contributed by atoms with E-state index in [1.54, 1.807) is 7.11 Å². The molecule has 33 heavy (non-hydrogen) atoms. The van der Waals surface area contributed by atoms with E-state index in [4.69, 9.17) is 4.74 Å². The zero-order valence-corrected chi connectivity index (χ0v) is 20.3. The summed E-state index contributed by atoms with van der Waals surface area (Å²) >= 11 is 0. The van der Waals surface area contributed by atoms with Crippen LogP contribution in [0.3, 0.4) is 0 Å². The molecule has 2 atom stereocenters. The third kappa shape index (κ3) is 5.27. The van der Waals surface area contributed by atoms with Gasteiger partial charge >= 0.3 is 0 Å². The number of halogens is 1. The standard InChI is InChI=1S/C23H33N5O4.ClH/c1-16-13-28(18(15-29)12-24-16)14-22(30)26-6-8-27(9-7-26)23(31)21-10-17-4-5-19(32-3)11-20(17)25(21)2;/h4-5,10-11,16,18,24,29H,6-9,12-15H2,1-3H3;1H/t16-,18-;/m1./s1. The fourth-order valence-corrected chi connectivity index (χ4v) is 4.64. The van der Waals surface area contributed by atoms with Gasteiger partial charge in [-0.2, -0.15) is 0 Å². The van der Waals surface area contributed by atoms with Gasteiger partial charge in [-0.05, 0) is 25.1 Å². The molecule has 0 unspecified atom stereocenters. The fraction of sp³-hybridized carbons (Fsp3) is 0.565. The second kappa shape index (κ2) is 10.7. The van der Waals surface area contributed by atoms with E-state index in [0.29, 0.717) is 51.0 Å². The quantitative estimate of drug-likeness (QED) is 0.651. The van der Waals surface area contributed by atoms with E-state index in [1.165, 1.54) is 0 Å². The van der Waals surface area contributed by atoms with Gasteiger partial charge in [-0.3, -0.25) is 14.5 Å². The molecule has 1 aromatic heterocycles. The molecular formula is C23H34ClN5O4. The van der Waals surface area contributed by atoms with Crippen LogP contribution in [0.5, 0.6) is 5.75 Å². The van der Waals surface area contributed by atoms with Gasteiger partial charge in [0.1, 0.15) is 11.4 Å². The van der Waals surface area contributed by atoms with Crippen LogP contribution in [-0.2, 0) is 11.8 Å². The summed E-state index contributed by atoms with van der Waals surface area (Å²) in [7, 11) is 3.52. The van der Waals surface area contributed by atoms with E-state index in [1.807, 2.05) is 45.7 Å². The second-order valence-electron chi connectivity index (χ2n) is 8.76. The minimum Gasteiger partial charge on any atom is -0.497 e. The van der Waals surface area contributed by atoms with Gasteiger partial charge in [0.05, 0.1) is 25.8 Å². The molecule has 2 aliphatic heterocycles. The van der Waals surface area contributed by atoms with Crippen molar-refractivity contribution in [2.45, 2.75) is 19.0 Å². The van der Waals surface area contributed by atoms with Crippen LogP contribution in [0.1, 0.15) is 17.4 Å². The van der Waals surface area contributed by atoms with Crippen molar-refractivity contribution in [1.82, 2.24) is 24.6 Å². The number of amides is 2. The van der Waals surface area contributed by atoms with E-state index < -0.39 is 0 Å². The summed E-state index contributed by atoms with van der Waals surface area (Å²) < 4.78 is 7.21. The monoisotopic (exact) mass is 479 g/mol. The Morgan fingerprint density at radius 3 is 2.52 bits per heavy atom. The molecule has 1 aromatic carbocycles. The Labute approximate surface area is 200 Å². The van der Waals surface area contributed by atoms with Gasteiger partial charge in [0.15, 0.2) is 0 Å². The molecule has 2 amide bonds. The van der Waals surface area contributed by atoms with Gasteiger partial charge in [0.2, 0.25) is 5.91 Å². The minimum absolute atomic E-state index is 0. The van der Waals surface area contributed by atoms with Crippen molar-refractivity contribution in [3.05, 3.63) is 30.0 Å². The van der Waals surface area contributed by atoms with Crippen LogP contribution in [0.4, 0.5) is 0 Å². The average Bonchev–Trinajstić information content (AvgIpc) is 3.14. The molecule has 182 valence electrons. The molecule has 2 fully saturated rings. The number of rotatable bonds is 5. The van der Waals surface area contributed by atoms with Crippen molar-refractivity contribution in [3.63, 3.8) is 0 Å². The number of aryl methyl sites for hydroxylation is 1. The van der Waals surface area contributed by atoms with Gasteiger partial charge in [-0.1, -0.05) is 0 Å². The SMILES string of the molecule is COc1ccc2cc(C(=O)N3CCN(C(=O)CN4C[C@@H](C)NC[C@@H]4CO)CC3)n(C)c2c1.Cl. The highest BCUT2D eigenvalue weighted by molar-refractivity contribution is 5.99. The molecule has 3 heterocycles. The third-order valence-corrected chi connectivity index (χ3v) is 6.67. The number of hydrogen-bond acceptors (Lipinski definition) is 6. The molecule has 2 aliphatic rings. The van der Waals surface area contributed by atoms with Gasteiger partial charge in [-0.15, -0.1) is 12.4 Å². The maximum atomic E-state index is 13.2. The number of hydrogen-bond donors (Lipinski definition) is 2. The third-order valence-electron chi connectivity index (χ3n) is 6.67. The number of methoxy groups -OCH3 is 1. The van der Waals surface area contributed by atoms with Crippen molar-refractivity contribution < 1.29 is 19.4 Å². The van der Waals surface area contributed by atoms with Gasteiger partial charge in [-0.25, -0.2) is 0 Å². The molecule has 0 aliphatic carbocycles. The Bertz CT molecular complexity index is 989. The van der Waals surface area contributed by atoms with E-state index in [2.05, 4.69) is 17.1 Å². The summed E-state index contributed by atoms with van der Waals surface area (Å²) in [6.07, 6.45) is 0. The Morgan fingerprint density at radius 1 is 1.15 bits per heavy atom. The van der Waals surface area contributed by atoms with Crippen LogP contribution >= 0.6 is 12.4 Å². The normalized spacial score (nSPS) is 21.7. The number of aliphatic hydroxyl groups excluding tert-OH is 1. The molecule has 0 spiro atoms. The molecule has 0 bridgehead atoms. The van der Waals surface area contributed by atoms with Crippen LogP contribution in [-0.4, -0.2) is 108 Å². The number of aromatic nitrogens is 1. The lowest BCUT2D eigenvalue weighted by Crippen LogP contribution is -2.60. The Balaban J connectivity index is 0.00000306. The Kier molecular flexibility index (Phi) is 8.23. The minimum atomic E-state index is -0.0388. The molecule has 4 rings (SSSR count). The zero-order valence-electron chi connectivity index (χ0n) is 19.5. The van der Waals surface area contributed by atoms with Crippen LogP contribution in [0.2, 0.25) is 0 Å². The maximum absolute atomic E-state index is 13.2. The molecule has 2 saturated heterocycles. The highest BCUT2D eigenvalue weighted by Gasteiger charge is 2.31. The summed E-state index contributed by atoms with van der Waals surface area (Å²) in [6.45, 7) is 5.90. The number of carbonyl (C=O) groups excluding carboxylic acids is 2. The fourth-order valence-electron chi connectivity index (χ4n) is 4.64. The number of piperazine rings is 2. The van der Waals surface area contributed by atoms with Crippen molar-refractivity contribution in [2.24, 2.45) is 7.05 Å². The first-order chi connectivity index (χ1) is 15.4. The second-order valence-corrected chi connectivity index (χ2v) is 8.76. The van der Waals surface area contributed by atoms with E-state index in [0.717, 1.165) is 23.2 Å². The molecule has 0 saturated carbocycles. The molecule has 9 nitrogen and oxygen atoms in total. The number of benzene rings is 1. The Morgan fingerprint density at radius 2 is 1.85 bits per heavy atom. The largest absolute Gasteiger partial charge is 0.497 e. The molecular weight excluding hydrogens is 446 g/mol. The number of aliphatic hydroxyl groups is 1. The van der Waals surface area contributed by atoms with E-state index in [9.17, 15) is 14.7 Å². The first kappa shape index (κ1) is 25.3. The smallest absolute Gasteiger partial charge is 0.270 e. The first-order valence-electron chi connectivity index (χ1n) is 11.2. The highest BCUT2D eigenvalue weighted by atomic mass is 35.5. The number of ether oxygens (including phenoxy) is 1. The van der Waals surface area contributed by atoms with E-state index in [-0.39, 0.29) is 36.9 Å². The molecule has 0 radical (unpaired) electrons. The number of nitrogens with zero attached hydrogens (tertiary/aromatic N) is 4. The number of carbonyl (C=O) groups is 2. The average molecular weight is 480 g/mol. The maximum Gasteiger partial charge on any atom is 0.270 e. The van der Waals surface area contributed by atoms with Crippen molar-refractivity contribution in [1.29, 1.82) is 0 Å². The predicted molar refractivity (Wildman–Crippen MR) is 129 cm³/mol. The topological polar surface area (TPSA) is 90.3 Å². The van der Waals surface area contributed by atoms with Gasteiger partial charge in [0.25, 0.3) is 5.91 Å². The van der Waals surface area contributed by atoms with Crippen molar-refractivity contribution in [3.8, 4) is 5.75 Å². The summed E-state index contributed by atoms with van der Waals surface area (Å²) in [5.41, 5.74) is 1.58. The Hall–Kier alpha value is -2.33. The van der Waals surface area contributed by atoms with Crippen LogP contribution in [0, 0.1) is 0 Å². The zero-order chi connectivity index (χ0) is 22.8. The summed E-state index contributed by atoms with van der Waals surface area (Å²) in [5.74, 6) is 0.791. The highest BCUT2D eigenvalue weighted by Crippen LogP contribution is 2.25. The lowest BCUT2D eigenvalue weighted by atomic mass is 10.1. The molecule has 2 aromatic rings.